The number of sulfonamides is 2. The molecule has 1 aliphatic rings. The smallest absolute Gasteiger partial charge is 0.175 e. The highest BCUT2D eigenvalue weighted by atomic mass is 32.3. The molecule has 2 aromatic rings. The fourth-order valence-electron chi connectivity index (χ4n) is 3.63. The van der Waals surface area contributed by atoms with E-state index in [1.165, 1.54) is 11.4 Å². The molecule has 0 aromatic heterocycles. The summed E-state index contributed by atoms with van der Waals surface area (Å²) in [5.41, 5.74) is 1.70. The van der Waals surface area contributed by atoms with E-state index in [0.29, 0.717) is 24.7 Å². The van der Waals surface area contributed by atoms with Crippen LogP contribution in [0.5, 0.6) is 0 Å². The SMILES string of the molecule is CC(C)c1ccc([S+](=O)([O-])N2CCN(c3cccc(CN(C)[S+](C)(=O)[O-])c3F)CC2)cc1. The molecule has 3 rings (SSSR count). The average Bonchev–Trinajstić information content (AvgIpc) is 2.74. The normalized spacial score (nSPS) is 19.2. The first-order chi connectivity index (χ1) is 14.9. The Morgan fingerprint density at radius 2 is 1.62 bits per heavy atom. The van der Waals surface area contributed by atoms with Gasteiger partial charge in [0, 0.05) is 25.7 Å². The van der Waals surface area contributed by atoms with E-state index in [9.17, 15) is 17.5 Å². The summed E-state index contributed by atoms with van der Waals surface area (Å²) in [6.45, 7) is 5.19. The van der Waals surface area contributed by atoms with E-state index in [2.05, 4.69) is 13.8 Å². The fourth-order valence-corrected chi connectivity index (χ4v) is 5.43. The van der Waals surface area contributed by atoms with Gasteiger partial charge < -0.3 is 14.0 Å². The van der Waals surface area contributed by atoms with Gasteiger partial charge in [-0.1, -0.05) is 46.5 Å². The lowest BCUT2D eigenvalue weighted by molar-refractivity contribution is 0.337. The number of rotatable bonds is 7. The molecule has 2 aromatic carbocycles. The summed E-state index contributed by atoms with van der Waals surface area (Å²) < 4.78 is 67.0. The third kappa shape index (κ3) is 5.44. The first kappa shape index (κ1) is 24.9. The van der Waals surface area contributed by atoms with Gasteiger partial charge in [0.05, 0.1) is 25.3 Å². The van der Waals surface area contributed by atoms with Crippen LogP contribution >= 0.6 is 0 Å². The molecule has 0 aliphatic carbocycles. The zero-order chi connectivity index (χ0) is 23.7. The van der Waals surface area contributed by atoms with Crippen molar-refractivity contribution >= 4 is 26.5 Å². The molecular formula is C22H30FN3O4S2. The lowest BCUT2D eigenvalue weighted by Gasteiger charge is -2.37. The minimum atomic E-state index is -3.62. The van der Waals surface area contributed by atoms with Crippen LogP contribution in [0.15, 0.2) is 47.4 Å². The van der Waals surface area contributed by atoms with Crippen molar-refractivity contribution in [1.29, 1.82) is 0 Å². The molecule has 1 saturated heterocycles. The Balaban J connectivity index is 1.71. The topological polar surface area (TPSA) is 90.0 Å². The van der Waals surface area contributed by atoms with Crippen molar-refractivity contribution in [3.05, 3.63) is 59.4 Å². The summed E-state index contributed by atoms with van der Waals surface area (Å²) in [6.07, 6.45) is 1.07. The van der Waals surface area contributed by atoms with Crippen LogP contribution in [0.3, 0.4) is 0 Å². The van der Waals surface area contributed by atoms with E-state index in [1.807, 2.05) is 12.1 Å². The van der Waals surface area contributed by atoms with Crippen LogP contribution in [0, 0.1) is 5.82 Å². The highest BCUT2D eigenvalue weighted by Crippen LogP contribution is 2.28. The number of benzene rings is 2. The second-order valence-corrected chi connectivity index (χ2v) is 12.4. The van der Waals surface area contributed by atoms with Gasteiger partial charge in [0.15, 0.2) is 21.1 Å². The third-order valence-electron chi connectivity index (χ3n) is 5.78. The second kappa shape index (κ2) is 9.66. The minimum absolute atomic E-state index is 0.0702. The van der Waals surface area contributed by atoms with E-state index in [1.54, 1.807) is 35.2 Å². The van der Waals surface area contributed by atoms with Gasteiger partial charge in [-0.2, -0.15) is 0 Å². The molecule has 10 heteroatoms. The molecule has 32 heavy (non-hydrogen) atoms. The second-order valence-electron chi connectivity index (χ2n) is 8.38. The molecule has 1 heterocycles. The number of piperazine rings is 1. The van der Waals surface area contributed by atoms with Crippen LogP contribution in [-0.2, 0) is 35.8 Å². The zero-order valence-corrected chi connectivity index (χ0v) is 20.5. The maximum Gasteiger partial charge on any atom is 0.175 e. The van der Waals surface area contributed by atoms with Crippen LogP contribution in [0.2, 0.25) is 0 Å². The average molecular weight is 484 g/mol. The van der Waals surface area contributed by atoms with E-state index in [4.69, 9.17) is 0 Å². The van der Waals surface area contributed by atoms with Crippen molar-refractivity contribution < 1.29 is 21.9 Å². The standard InChI is InChI=1S/C22H30FN3O4S2/c1-17(2)18-8-10-20(11-9-18)32(29,30)26-14-12-25(13-15-26)21-7-5-6-19(22(21)23)16-24(3)31(4,27)28/h5-11,17H,12-16H2,1-4H3. The highest BCUT2D eigenvalue weighted by Gasteiger charge is 2.34. The van der Waals surface area contributed by atoms with Gasteiger partial charge in [0.2, 0.25) is 0 Å². The molecule has 1 fully saturated rings. The first-order valence-electron chi connectivity index (χ1n) is 10.4. The number of anilines is 1. The Bertz CT molecular complexity index is 1030. The fraction of sp³-hybridized carbons (Fsp3) is 0.455. The summed E-state index contributed by atoms with van der Waals surface area (Å²) in [6, 6.07) is 11.8. The number of hydrogen-bond donors (Lipinski definition) is 0. The molecule has 7 nitrogen and oxygen atoms in total. The lowest BCUT2D eigenvalue weighted by Crippen LogP contribution is -2.51. The molecule has 0 spiro atoms. The summed E-state index contributed by atoms with van der Waals surface area (Å²) in [7, 11) is -5.65. The molecule has 0 amide bonds. The Kier molecular flexibility index (Phi) is 7.53. The highest BCUT2D eigenvalue weighted by molar-refractivity contribution is 7.95. The van der Waals surface area contributed by atoms with Crippen molar-refractivity contribution in [2.45, 2.75) is 31.2 Å². The van der Waals surface area contributed by atoms with Crippen molar-refractivity contribution in [1.82, 2.24) is 8.61 Å². The van der Waals surface area contributed by atoms with Crippen molar-refractivity contribution in [3.63, 3.8) is 0 Å². The monoisotopic (exact) mass is 483 g/mol. The molecule has 0 saturated carbocycles. The van der Waals surface area contributed by atoms with Crippen molar-refractivity contribution in [3.8, 4) is 0 Å². The van der Waals surface area contributed by atoms with Gasteiger partial charge in [-0.05, 0) is 29.7 Å². The van der Waals surface area contributed by atoms with Gasteiger partial charge in [-0.3, -0.25) is 0 Å². The Morgan fingerprint density at radius 3 is 2.16 bits per heavy atom. The van der Waals surface area contributed by atoms with Gasteiger partial charge in [0.1, 0.15) is 16.7 Å². The van der Waals surface area contributed by atoms with E-state index < -0.39 is 26.6 Å². The number of nitrogens with zero attached hydrogens (tertiary/aromatic N) is 3. The van der Waals surface area contributed by atoms with Gasteiger partial charge in [0.25, 0.3) is 0 Å². The van der Waals surface area contributed by atoms with E-state index >= 15 is 4.39 Å². The Labute approximate surface area is 192 Å². The largest absolute Gasteiger partial charge is 0.598 e. The number of hydrogen-bond acceptors (Lipinski definition) is 5. The molecule has 2 unspecified atom stereocenters. The Morgan fingerprint density at radius 1 is 1.03 bits per heavy atom. The molecular weight excluding hydrogens is 453 g/mol. The molecule has 176 valence electrons. The predicted molar refractivity (Wildman–Crippen MR) is 124 cm³/mol. The molecule has 2 atom stereocenters. The predicted octanol–water partition coefficient (Wildman–Crippen LogP) is 3.28. The molecule has 1 aliphatic heterocycles. The zero-order valence-electron chi connectivity index (χ0n) is 18.8. The summed E-state index contributed by atoms with van der Waals surface area (Å²) >= 11 is 0. The van der Waals surface area contributed by atoms with E-state index in [0.717, 1.165) is 16.1 Å². The summed E-state index contributed by atoms with van der Waals surface area (Å²) in [5.74, 6) is -0.165. The van der Waals surface area contributed by atoms with Crippen LogP contribution in [0.1, 0.15) is 30.9 Å². The summed E-state index contributed by atoms with van der Waals surface area (Å²) in [5, 5.41) is 0. The Hall–Kier alpha value is -1.69. The van der Waals surface area contributed by atoms with Crippen LogP contribution in [0.4, 0.5) is 10.1 Å². The van der Waals surface area contributed by atoms with Crippen LogP contribution in [0.25, 0.3) is 0 Å². The van der Waals surface area contributed by atoms with Crippen LogP contribution in [-0.4, -0.2) is 57.2 Å². The molecule has 0 N–H and O–H groups in total. The van der Waals surface area contributed by atoms with Gasteiger partial charge >= 0.3 is 0 Å². The number of halogens is 1. The maximum atomic E-state index is 15.1. The van der Waals surface area contributed by atoms with Crippen LogP contribution < -0.4 is 4.90 Å². The molecule has 0 bridgehead atoms. The van der Waals surface area contributed by atoms with Crippen molar-refractivity contribution in [2.24, 2.45) is 0 Å². The first-order valence-corrected chi connectivity index (χ1v) is 13.7. The van der Waals surface area contributed by atoms with E-state index in [-0.39, 0.29) is 30.1 Å². The summed E-state index contributed by atoms with van der Waals surface area (Å²) in [4.78, 5) is 2.06. The maximum absolute atomic E-state index is 15.1. The third-order valence-corrected chi connectivity index (χ3v) is 8.96. The minimum Gasteiger partial charge on any atom is -0.598 e. The van der Waals surface area contributed by atoms with Gasteiger partial charge in [-0.25, -0.2) is 4.39 Å². The lowest BCUT2D eigenvalue weighted by atomic mass is 10.0. The molecule has 0 radical (unpaired) electrons. The van der Waals surface area contributed by atoms with Crippen molar-refractivity contribution in [2.75, 3.05) is 44.4 Å². The quantitative estimate of drug-likeness (QED) is 0.564. The van der Waals surface area contributed by atoms with Gasteiger partial charge in [-0.15, -0.1) is 8.61 Å².